The molecule has 1 aliphatic rings. The van der Waals surface area contributed by atoms with Crippen molar-refractivity contribution in [1.29, 1.82) is 0 Å². The molecular weight excluding hydrogens is 246 g/mol. The van der Waals surface area contributed by atoms with Gasteiger partial charge in [-0.1, -0.05) is 42.0 Å². The van der Waals surface area contributed by atoms with Crippen LogP contribution < -0.4 is 4.74 Å². The lowest BCUT2D eigenvalue weighted by Gasteiger charge is -2.17. The molecule has 0 saturated heterocycles. The van der Waals surface area contributed by atoms with Crippen molar-refractivity contribution in [2.45, 2.75) is 6.92 Å². The van der Waals surface area contributed by atoms with Gasteiger partial charge in [0, 0.05) is 5.56 Å². The Morgan fingerprint density at radius 2 is 1.60 bits per heavy atom. The third-order valence-corrected chi connectivity index (χ3v) is 3.57. The van der Waals surface area contributed by atoms with Crippen LogP contribution in [-0.4, -0.2) is 5.90 Å². The Morgan fingerprint density at radius 3 is 2.40 bits per heavy atom. The Balaban J connectivity index is 1.92. The normalized spacial score (nSPS) is 12.9. The summed E-state index contributed by atoms with van der Waals surface area (Å²) in [5, 5.41) is 2.25. The highest BCUT2D eigenvalue weighted by atomic mass is 16.5. The molecule has 0 spiro atoms. The number of benzene rings is 3. The molecule has 3 aromatic rings. The lowest BCUT2D eigenvalue weighted by molar-refractivity contribution is 0.555. The third kappa shape index (κ3) is 1.69. The summed E-state index contributed by atoms with van der Waals surface area (Å²) in [4.78, 5) is 4.66. The summed E-state index contributed by atoms with van der Waals surface area (Å²) in [6.07, 6.45) is 0. The van der Waals surface area contributed by atoms with Gasteiger partial charge in [-0.05, 0) is 36.6 Å². The number of hydrogen-bond donors (Lipinski definition) is 0. The Morgan fingerprint density at radius 1 is 0.850 bits per heavy atom. The summed E-state index contributed by atoms with van der Waals surface area (Å²) in [6.45, 7) is 2.07. The van der Waals surface area contributed by atoms with Crippen LogP contribution >= 0.6 is 0 Å². The molecule has 0 amide bonds. The van der Waals surface area contributed by atoms with Crippen molar-refractivity contribution < 1.29 is 4.74 Å². The fraction of sp³-hybridized carbons (Fsp3) is 0.0556. The Bertz CT molecular complexity index is 826. The lowest BCUT2D eigenvalue weighted by atomic mass is 10.1. The second kappa shape index (κ2) is 4.20. The van der Waals surface area contributed by atoms with Crippen molar-refractivity contribution in [2.75, 3.05) is 0 Å². The Hall–Kier alpha value is -2.61. The third-order valence-electron chi connectivity index (χ3n) is 3.57. The van der Waals surface area contributed by atoms with Gasteiger partial charge in [-0.15, -0.1) is 0 Å². The molecule has 0 atom stereocenters. The van der Waals surface area contributed by atoms with E-state index >= 15 is 0 Å². The van der Waals surface area contributed by atoms with Crippen molar-refractivity contribution in [3.63, 3.8) is 0 Å². The molecule has 0 bridgehead atoms. The minimum atomic E-state index is 0.663. The molecule has 2 heteroatoms. The van der Waals surface area contributed by atoms with Crippen LogP contribution in [0.3, 0.4) is 0 Å². The van der Waals surface area contributed by atoms with Gasteiger partial charge in [-0.2, -0.15) is 0 Å². The molecule has 0 unspecified atom stereocenters. The average molecular weight is 259 g/mol. The number of rotatable bonds is 1. The summed E-state index contributed by atoms with van der Waals surface area (Å²) in [5.41, 5.74) is 3.20. The smallest absolute Gasteiger partial charge is 0.227 e. The van der Waals surface area contributed by atoms with Crippen molar-refractivity contribution in [3.8, 4) is 5.75 Å². The van der Waals surface area contributed by atoms with E-state index in [-0.39, 0.29) is 0 Å². The maximum Gasteiger partial charge on any atom is 0.227 e. The van der Waals surface area contributed by atoms with Crippen LogP contribution in [0.15, 0.2) is 65.7 Å². The van der Waals surface area contributed by atoms with E-state index in [0.717, 1.165) is 27.8 Å². The highest BCUT2D eigenvalue weighted by molar-refractivity contribution is 6.07. The molecule has 0 radical (unpaired) electrons. The van der Waals surface area contributed by atoms with Gasteiger partial charge < -0.3 is 4.74 Å². The SMILES string of the molecule is Cc1ccc(C2=Nc3cccc4cccc(c34)O2)cc1. The number of aryl methyl sites for hydroxylation is 1. The van der Waals surface area contributed by atoms with E-state index in [1.807, 2.05) is 36.4 Å². The van der Waals surface area contributed by atoms with Gasteiger partial charge in [0.2, 0.25) is 5.90 Å². The molecule has 96 valence electrons. The van der Waals surface area contributed by atoms with Crippen molar-refractivity contribution in [2.24, 2.45) is 4.99 Å². The largest absolute Gasteiger partial charge is 0.438 e. The van der Waals surface area contributed by atoms with Gasteiger partial charge in [-0.3, -0.25) is 0 Å². The first-order valence-corrected chi connectivity index (χ1v) is 6.66. The maximum atomic E-state index is 5.98. The van der Waals surface area contributed by atoms with Crippen LogP contribution in [0.2, 0.25) is 0 Å². The zero-order chi connectivity index (χ0) is 13.5. The van der Waals surface area contributed by atoms with Crippen molar-refractivity contribution in [1.82, 2.24) is 0 Å². The van der Waals surface area contributed by atoms with Crippen LogP contribution in [0.1, 0.15) is 11.1 Å². The Labute approximate surface area is 117 Å². The molecule has 1 heterocycles. The van der Waals surface area contributed by atoms with Crippen LogP contribution in [0.5, 0.6) is 5.75 Å². The Kier molecular flexibility index (Phi) is 2.36. The zero-order valence-corrected chi connectivity index (χ0v) is 11.1. The fourth-order valence-corrected chi connectivity index (χ4v) is 2.52. The predicted molar refractivity (Wildman–Crippen MR) is 82.0 cm³/mol. The molecule has 3 aromatic carbocycles. The average Bonchev–Trinajstić information content (AvgIpc) is 2.48. The standard InChI is InChI=1S/C18H13NO/c1-12-8-10-14(11-9-12)18-19-15-6-2-4-13-5-3-7-16(20-18)17(13)15/h2-11H,1H3. The molecule has 1 aliphatic heterocycles. The first kappa shape index (κ1) is 11.2. The van der Waals surface area contributed by atoms with Gasteiger partial charge in [-0.25, -0.2) is 4.99 Å². The molecule has 0 aromatic heterocycles. The second-order valence-corrected chi connectivity index (χ2v) is 5.02. The first-order chi connectivity index (χ1) is 9.81. The van der Waals surface area contributed by atoms with E-state index in [1.54, 1.807) is 0 Å². The first-order valence-electron chi connectivity index (χ1n) is 6.66. The molecule has 0 fully saturated rings. The van der Waals surface area contributed by atoms with E-state index < -0.39 is 0 Å². The van der Waals surface area contributed by atoms with Crippen LogP contribution in [0.4, 0.5) is 5.69 Å². The van der Waals surface area contributed by atoms with Crippen LogP contribution in [0, 0.1) is 6.92 Å². The quantitative estimate of drug-likeness (QED) is 0.625. The molecule has 20 heavy (non-hydrogen) atoms. The van der Waals surface area contributed by atoms with E-state index in [2.05, 4.69) is 36.2 Å². The summed E-state index contributed by atoms with van der Waals surface area (Å²) < 4.78 is 5.98. The number of aliphatic imine (C=N–C) groups is 1. The minimum Gasteiger partial charge on any atom is -0.438 e. The monoisotopic (exact) mass is 259 g/mol. The maximum absolute atomic E-state index is 5.98. The van der Waals surface area contributed by atoms with Gasteiger partial charge in [0.15, 0.2) is 0 Å². The summed E-state index contributed by atoms with van der Waals surface area (Å²) >= 11 is 0. The minimum absolute atomic E-state index is 0.663. The number of nitrogens with zero attached hydrogens (tertiary/aromatic N) is 1. The van der Waals surface area contributed by atoms with E-state index in [1.165, 1.54) is 5.56 Å². The number of ether oxygens (including phenoxy) is 1. The fourth-order valence-electron chi connectivity index (χ4n) is 2.52. The molecule has 4 rings (SSSR count). The van der Waals surface area contributed by atoms with Gasteiger partial charge in [0.05, 0.1) is 11.1 Å². The highest BCUT2D eigenvalue weighted by Crippen LogP contribution is 2.37. The topological polar surface area (TPSA) is 21.6 Å². The molecule has 0 saturated carbocycles. The van der Waals surface area contributed by atoms with Gasteiger partial charge >= 0.3 is 0 Å². The van der Waals surface area contributed by atoms with Crippen LogP contribution in [-0.2, 0) is 0 Å². The highest BCUT2D eigenvalue weighted by Gasteiger charge is 2.17. The molecule has 0 N–H and O–H groups in total. The predicted octanol–water partition coefficient (Wildman–Crippen LogP) is 4.62. The van der Waals surface area contributed by atoms with Crippen LogP contribution in [0.25, 0.3) is 10.8 Å². The summed E-state index contributed by atoms with van der Waals surface area (Å²) in [7, 11) is 0. The van der Waals surface area contributed by atoms with E-state index in [0.29, 0.717) is 5.90 Å². The zero-order valence-electron chi connectivity index (χ0n) is 11.1. The van der Waals surface area contributed by atoms with E-state index in [9.17, 15) is 0 Å². The second-order valence-electron chi connectivity index (χ2n) is 5.02. The molecular formula is C18H13NO. The van der Waals surface area contributed by atoms with Gasteiger partial charge in [0.25, 0.3) is 0 Å². The van der Waals surface area contributed by atoms with E-state index in [4.69, 9.17) is 4.74 Å². The summed E-state index contributed by atoms with van der Waals surface area (Å²) in [6, 6.07) is 20.5. The van der Waals surface area contributed by atoms with Gasteiger partial charge in [0.1, 0.15) is 5.75 Å². The molecule has 2 nitrogen and oxygen atoms in total. The van der Waals surface area contributed by atoms with Crippen molar-refractivity contribution >= 4 is 22.4 Å². The number of hydrogen-bond acceptors (Lipinski definition) is 2. The molecule has 0 aliphatic carbocycles. The summed E-state index contributed by atoms with van der Waals surface area (Å²) in [5.74, 6) is 1.54. The van der Waals surface area contributed by atoms with Crippen molar-refractivity contribution in [3.05, 3.63) is 71.8 Å². The lowest BCUT2D eigenvalue weighted by Crippen LogP contribution is -2.12.